The number of nitrogens with one attached hydrogen (secondary N) is 2. The molecule has 0 radical (unpaired) electrons. The molecule has 2 aromatic carbocycles. The highest BCUT2D eigenvalue weighted by Crippen LogP contribution is 2.29. The SMILES string of the molecule is Cc1ccc(NC(=O)c2sc3ncn(C(C)C(=O)Nc4cc(Cl)ccc4Cl)c(=O)c3c2C)c(C)c1. The molecule has 4 aromatic rings. The molecular weight excluding hydrogens is 507 g/mol. The van der Waals surface area contributed by atoms with Crippen LogP contribution in [0.4, 0.5) is 11.4 Å². The number of carbonyl (C=O) groups excluding carboxylic acids is 2. The molecule has 7 nitrogen and oxygen atoms in total. The van der Waals surface area contributed by atoms with E-state index in [0.717, 1.165) is 22.5 Å². The van der Waals surface area contributed by atoms with Gasteiger partial charge in [0.15, 0.2) is 0 Å². The van der Waals surface area contributed by atoms with E-state index in [1.807, 2.05) is 32.0 Å². The van der Waals surface area contributed by atoms with Crippen LogP contribution < -0.4 is 16.2 Å². The van der Waals surface area contributed by atoms with Gasteiger partial charge in [0.25, 0.3) is 11.5 Å². The molecule has 2 amide bonds. The van der Waals surface area contributed by atoms with E-state index in [0.29, 0.717) is 42.1 Å². The van der Waals surface area contributed by atoms with Gasteiger partial charge in [-0.2, -0.15) is 0 Å². The minimum Gasteiger partial charge on any atom is -0.323 e. The van der Waals surface area contributed by atoms with Crippen molar-refractivity contribution in [1.82, 2.24) is 9.55 Å². The summed E-state index contributed by atoms with van der Waals surface area (Å²) in [5, 5.41) is 6.66. The number of nitrogens with zero attached hydrogens (tertiary/aromatic N) is 2. The Balaban J connectivity index is 1.64. The van der Waals surface area contributed by atoms with Crippen molar-refractivity contribution in [3.05, 3.63) is 84.7 Å². The molecule has 0 aliphatic rings. The van der Waals surface area contributed by atoms with Crippen LogP contribution in [0.25, 0.3) is 10.2 Å². The first-order valence-electron chi connectivity index (χ1n) is 10.7. The number of hydrogen-bond acceptors (Lipinski definition) is 5. The number of carbonyl (C=O) groups is 2. The zero-order chi connectivity index (χ0) is 25.4. The summed E-state index contributed by atoms with van der Waals surface area (Å²) in [5.74, 6) is -0.775. The summed E-state index contributed by atoms with van der Waals surface area (Å²) in [5.41, 5.74) is 3.19. The Labute approximate surface area is 215 Å². The molecule has 0 bridgehead atoms. The highest BCUT2D eigenvalue weighted by molar-refractivity contribution is 7.20. The zero-order valence-corrected chi connectivity index (χ0v) is 21.7. The predicted octanol–water partition coefficient (Wildman–Crippen LogP) is 6.14. The molecule has 2 N–H and O–H groups in total. The van der Waals surface area contributed by atoms with Gasteiger partial charge in [-0.25, -0.2) is 4.98 Å². The maximum absolute atomic E-state index is 13.3. The molecule has 0 saturated heterocycles. The molecule has 2 heterocycles. The summed E-state index contributed by atoms with van der Waals surface area (Å²) >= 11 is 13.3. The van der Waals surface area contributed by atoms with Crippen molar-refractivity contribution in [2.75, 3.05) is 10.6 Å². The molecule has 35 heavy (non-hydrogen) atoms. The number of aromatic nitrogens is 2. The number of amides is 2. The fraction of sp³-hybridized carbons (Fsp3) is 0.200. The summed E-state index contributed by atoms with van der Waals surface area (Å²) in [6, 6.07) is 9.58. The van der Waals surface area contributed by atoms with E-state index in [2.05, 4.69) is 15.6 Å². The molecule has 0 spiro atoms. The van der Waals surface area contributed by atoms with Gasteiger partial charge in [-0.15, -0.1) is 11.3 Å². The Morgan fingerprint density at radius 3 is 2.49 bits per heavy atom. The summed E-state index contributed by atoms with van der Waals surface area (Å²) in [6.45, 7) is 7.19. The molecule has 2 aromatic heterocycles. The molecule has 0 aliphatic carbocycles. The van der Waals surface area contributed by atoms with Gasteiger partial charge < -0.3 is 10.6 Å². The van der Waals surface area contributed by atoms with Gasteiger partial charge in [0, 0.05) is 10.7 Å². The van der Waals surface area contributed by atoms with E-state index >= 15 is 0 Å². The summed E-state index contributed by atoms with van der Waals surface area (Å²) in [4.78, 5) is 44.4. The molecule has 10 heteroatoms. The Bertz CT molecular complexity index is 1540. The lowest BCUT2D eigenvalue weighted by Crippen LogP contribution is -2.31. The number of benzene rings is 2. The maximum atomic E-state index is 13.3. The normalized spacial score (nSPS) is 11.9. The molecule has 0 saturated carbocycles. The van der Waals surface area contributed by atoms with Gasteiger partial charge in [-0.1, -0.05) is 40.9 Å². The number of aryl methyl sites for hydroxylation is 3. The highest BCUT2D eigenvalue weighted by Gasteiger charge is 2.23. The van der Waals surface area contributed by atoms with Crippen molar-refractivity contribution in [2.24, 2.45) is 0 Å². The molecular formula is C25H22Cl2N4O3S. The molecule has 1 unspecified atom stereocenters. The quantitative estimate of drug-likeness (QED) is 0.325. The van der Waals surface area contributed by atoms with Crippen molar-refractivity contribution >= 4 is 67.9 Å². The van der Waals surface area contributed by atoms with Crippen molar-refractivity contribution in [3.63, 3.8) is 0 Å². The van der Waals surface area contributed by atoms with Crippen molar-refractivity contribution in [3.8, 4) is 0 Å². The second-order valence-corrected chi connectivity index (χ2v) is 10.1. The number of rotatable bonds is 5. The topological polar surface area (TPSA) is 93.1 Å². The molecule has 0 aliphatic heterocycles. The minimum absolute atomic E-state index is 0.309. The van der Waals surface area contributed by atoms with Gasteiger partial charge in [0.2, 0.25) is 5.91 Å². The van der Waals surface area contributed by atoms with E-state index in [1.54, 1.807) is 26.0 Å². The molecule has 180 valence electrons. The smallest absolute Gasteiger partial charge is 0.266 e. The van der Waals surface area contributed by atoms with E-state index < -0.39 is 17.5 Å². The highest BCUT2D eigenvalue weighted by atomic mass is 35.5. The van der Waals surface area contributed by atoms with Gasteiger partial charge >= 0.3 is 0 Å². The first-order valence-corrected chi connectivity index (χ1v) is 12.3. The van der Waals surface area contributed by atoms with E-state index in [-0.39, 0.29) is 5.91 Å². The van der Waals surface area contributed by atoms with Gasteiger partial charge in [-0.3, -0.25) is 19.0 Å². The predicted molar refractivity (Wildman–Crippen MR) is 142 cm³/mol. The largest absolute Gasteiger partial charge is 0.323 e. The van der Waals surface area contributed by atoms with Gasteiger partial charge in [-0.05, 0) is 63.1 Å². The van der Waals surface area contributed by atoms with Crippen LogP contribution in [0.5, 0.6) is 0 Å². The fourth-order valence-corrected chi connectivity index (χ4v) is 5.09. The zero-order valence-electron chi connectivity index (χ0n) is 19.4. The minimum atomic E-state index is -0.888. The number of hydrogen-bond donors (Lipinski definition) is 2. The number of halogens is 2. The first kappa shape index (κ1) is 24.9. The van der Waals surface area contributed by atoms with E-state index in [4.69, 9.17) is 23.2 Å². The van der Waals surface area contributed by atoms with Crippen LogP contribution in [0, 0.1) is 20.8 Å². The summed E-state index contributed by atoms with van der Waals surface area (Å²) < 4.78 is 1.24. The lowest BCUT2D eigenvalue weighted by atomic mass is 10.1. The standard InChI is InChI=1S/C25H22Cl2N4O3S/c1-12-5-8-18(13(2)9-12)29-23(33)21-14(3)20-24(35-21)28-11-31(25(20)34)15(4)22(32)30-19-10-16(26)6-7-17(19)27/h5-11,15H,1-4H3,(H,29,33)(H,30,32). The van der Waals surface area contributed by atoms with E-state index in [9.17, 15) is 14.4 Å². The number of fused-ring (bicyclic) bond motifs is 1. The van der Waals surface area contributed by atoms with Crippen molar-refractivity contribution in [2.45, 2.75) is 33.7 Å². The Morgan fingerprint density at radius 2 is 1.77 bits per heavy atom. The second kappa shape index (κ2) is 9.81. The fourth-order valence-electron chi connectivity index (χ4n) is 3.72. The van der Waals surface area contributed by atoms with Crippen LogP contribution in [-0.4, -0.2) is 21.4 Å². The van der Waals surface area contributed by atoms with Crippen LogP contribution in [0.15, 0.2) is 47.5 Å². The average molecular weight is 529 g/mol. The Hall–Kier alpha value is -3.20. The summed E-state index contributed by atoms with van der Waals surface area (Å²) in [6.07, 6.45) is 1.32. The third kappa shape index (κ3) is 4.96. The number of thiophene rings is 1. The summed E-state index contributed by atoms with van der Waals surface area (Å²) in [7, 11) is 0. The van der Waals surface area contributed by atoms with Crippen LogP contribution in [0.3, 0.4) is 0 Å². The molecule has 1 atom stereocenters. The lowest BCUT2D eigenvalue weighted by molar-refractivity contribution is -0.118. The lowest BCUT2D eigenvalue weighted by Gasteiger charge is -2.15. The maximum Gasteiger partial charge on any atom is 0.266 e. The third-order valence-corrected chi connectivity index (χ3v) is 7.46. The third-order valence-electron chi connectivity index (χ3n) is 5.70. The van der Waals surface area contributed by atoms with Gasteiger partial charge in [0.1, 0.15) is 10.9 Å². The molecule has 0 fully saturated rings. The second-order valence-electron chi connectivity index (χ2n) is 8.26. The number of anilines is 2. The first-order chi connectivity index (χ1) is 16.6. The Morgan fingerprint density at radius 1 is 1.03 bits per heavy atom. The monoisotopic (exact) mass is 528 g/mol. The Kier molecular flexibility index (Phi) is 6.98. The average Bonchev–Trinajstić information content (AvgIpc) is 3.15. The van der Waals surface area contributed by atoms with E-state index in [1.165, 1.54) is 17.0 Å². The van der Waals surface area contributed by atoms with Crippen LogP contribution in [-0.2, 0) is 4.79 Å². The van der Waals surface area contributed by atoms with Gasteiger partial charge in [0.05, 0.1) is 27.3 Å². The van der Waals surface area contributed by atoms with Crippen molar-refractivity contribution in [1.29, 1.82) is 0 Å². The van der Waals surface area contributed by atoms with Crippen molar-refractivity contribution < 1.29 is 9.59 Å². The van der Waals surface area contributed by atoms with Crippen LogP contribution in [0.2, 0.25) is 10.0 Å². The molecule has 4 rings (SSSR count). The van der Waals surface area contributed by atoms with Crippen LogP contribution >= 0.6 is 34.5 Å². The van der Waals surface area contributed by atoms with Crippen LogP contribution in [0.1, 0.15) is 39.3 Å².